The third kappa shape index (κ3) is 1.93. The average Bonchev–Trinajstić information content (AvgIpc) is 2.57. The Morgan fingerprint density at radius 2 is 1.61 bits per heavy atom. The Bertz CT molecular complexity index is 834. The van der Waals surface area contributed by atoms with Gasteiger partial charge in [0, 0.05) is 17.7 Å². The molecular formula is C8H8N2O6S2. The fourth-order valence-corrected chi connectivity index (χ4v) is 3.16. The van der Waals surface area contributed by atoms with Crippen molar-refractivity contribution in [3.63, 3.8) is 0 Å². The van der Waals surface area contributed by atoms with Crippen LogP contribution in [0.3, 0.4) is 0 Å². The molecule has 8 nitrogen and oxygen atoms in total. The van der Waals surface area contributed by atoms with E-state index in [-0.39, 0.29) is 20.2 Å². The summed E-state index contributed by atoms with van der Waals surface area (Å²) in [5.41, 5.74) is -0.712. The molecule has 0 bridgehead atoms. The largest absolute Gasteiger partial charge is 0.359 e. The highest BCUT2D eigenvalue weighted by Crippen LogP contribution is 2.25. The Kier molecular flexibility index (Phi) is 2.59. The highest BCUT2D eigenvalue weighted by atomic mass is 32.2. The van der Waals surface area contributed by atoms with Crippen LogP contribution in [0.2, 0.25) is 0 Å². The minimum Gasteiger partial charge on any atom is -0.359 e. The van der Waals surface area contributed by atoms with E-state index in [1.165, 1.54) is 0 Å². The topological polar surface area (TPSA) is 121 Å². The van der Waals surface area contributed by atoms with Gasteiger partial charge in [0.05, 0.1) is 0 Å². The van der Waals surface area contributed by atoms with Crippen LogP contribution in [-0.4, -0.2) is 34.5 Å². The van der Waals surface area contributed by atoms with Crippen molar-refractivity contribution in [2.45, 2.75) is 9.79 Å². The molecule has 0 amide bonds. The third-order valence-corrected chi connectivity index (χ3v) is 4.52. The number of rotatable bonds is 2. The number of hydrogen-bond acceptors (Lipinski definition) is 7. The summed E-state index contributed by atoms with van der Waals surface area (Å²) in [7, 11) is -7.35. The lowest BCUT2D eigenvalue weighted by Crippen LogP contribution is -2.24. The van der Waals surface area contributed by atoms with E-state index in [1.807, 2.05) is 0 Å². The molecule has 2 aromatic rings. The summed E-state index contributed by atoms with van der Waals surface area (Å²) in [6.45, 7) is 0. The van der Waals surface area contributed by atoms with Crippen molar-refractivity contribution in [3.8, 4) is 0 Å². The van der Waals surface area contributed by atoms with Gasteiger partial charge in [-0.1, -0.05) is 0 Å². The van der Waals surface area contributed by atoms with E-state index in [2.05, 4.69) is 9.79 Å². The first-order valence-electron chi connectivity index (χ1n) is 4.55. The summed E-state index contributed by atoms with van der Waals surface area (Å²) in [5, 5.41) is 14.6. The van der Waals surface area contributed by atoms with Crippen molar-refractivity contribution in [1.82, 2.24) is 5.16 Å². The van der Waals surface area contributed by atoms with Crippen LogP contribution in [0.4, 0.5) is 0 Å². The lowest BCUT2D eigenvalue weighted by Gasteiger charge is -2.00. The predicted octanol–water partition coefficient (Wildman–Crippen LogP) is -0.732. The maximum atomic E-state index is 11.5. The molecule has 0 N–H and O–H groups in total. The Labute approximate surface area is 102 Å². The number of aromatic nitrogens is 2. The van der Waals surface area contributed by atoms with Crippen molar-refractivity contribution < 1.29 is 26.4 Å². The van der Waals surface area contributed by atoms with Crippen LogP contribution in [0.15, 0.2) is 26.6 Å². The predicted molar refractivity (Wildman–Crippen MR) is 59.2 cm³/mol. The summed E-state index contributed by atoms with van der Waals surface area (Å²) >= 11 is 0. The lowest BCUT2D eigenvalue weighted by molar-refractivity contribution is -0.783. The number of sulfone groups is 2. The summed E-state index contributed by atoms with van der Waals surface area (Å²) in [4.78, 5) is -0.718. The highest BCUT2D eigenvalue weighted by Gasteiger charge is 2.28. The second-order valence-corrected chi connectivity index (χ2v) is 7.70. The SMILES string of the molecule is CS(=O)(=O)c1ccc(S(C)(=O)=O)c2c1no[n+]2[O-]. The van der Waals surface area contributed by atoms with Gasteiger partial charge in [-0.25, -0.2) is 16.8 Å². The molecule has 0 spiro atoms. The molecule has 0 fully saturated rings. The van der Waals surface area contributed by atoms with Gasteiger partial charge < -0.3 is 5.21 Å². The van der Waals surface area contributed by atoms with E-state index < -0.39 is 25.2 Å². The quantitative estimate of drug-likeness (QED) is 0.669. The second kappa shape index (κ2) is 3.65. The lowest BCUT2D eigenvalue weighted by atomic mass is 10.3. The summed E-state index contributed by atoms with van der Waals surface area (Å²) < 4.78 is 50.2. The Morgan fingerprint density at radius 1 is 1.11 bits per heavy atom. The molecule has 18 heavy (non-hydrogen) atoms. The molecular weight excluding hydrogens is 284 g/mol. The van der Waals surface area contributed by atoms with E-state index >= 15 is 0 Å². The van der Waals surface area contributed by atoms with Gasteiger partial charge in [-0.3, -0.25) is 4.63 Å². The molecule has 0 radical (unpaired) electrons. The summed E-state index contributed by atoms with van der Waals surface area (Å²) in [6, 6.07) is 2.12. The minimum atomic E-state index is -3.70. The van der Waals surface area contributed by atoms with Crippen molar-refractivity contribution in [3.05, 3.63) is 17.3 Å². The summed E-state index contributed by atoms with van der Waals surface area (Å²) in [6.07, 6.45) is 1.82. The van der Waals surface area contributed by atoms with Crippen molar-refractivity contribution in [1.29, 1.82) is 0 Å². The monoisotopic (exact) mass is 292 g/mol. The number of nitrogens with zero attached hydrogens (tertiary/aromatic N) is 2. The maximum Gasteiger partial charge on any atom is 0.268 e. The van der Waals surface area contributed by atoms with Gasteiger partial charge in [0.1, 0.15) is 9.79 Å². The zero-order chi connectivity index (χ0) is 13.7. The fraction of sp³-hybridized carbons (Fsp3) is 0.250. The molecule has 0 aliphatic carbocycles. The van der Waals surface area contributed by atoms with Crippen LogP contribution in [0.5, 0.6) is 0 Å². The zero-order valence-corrected chi connectivity index (χ0v) is 10.9. The van der Waals surface area contributed by atoms with E-state index in [9.17, 15) is 22.0 Å². The molecule has 0 aliphatic rings. The molecule has 1 aromatic carbocycles. The molecule has 0 atom stereocenters. The molecule has 98 valence electrons. The fourth-order valence-electron chi connectivity index (χ4n) is 1.52. The van der Waals surface area contributed by atoms with Crippen LogP contribution in [0, 0.1) is 5.21 Å². The first-order valence-corrected chi connectivity index (χ1v) is 8.33. The Balaban J connectivity index is 3.04. The highest BCUT2D eigenvalue weighted by molar-refractivity contribution is 7.91. The van der Waals surface area contributed by atoms with E-state index in [1.54, 1.807) is 0 Å². The number of fused-ring (bicyclic) bond motifs is 1. The third-order valence-electron chi connectivity index (χ3n) is 2.26. The number of benzene rings is 1. The Morgan fingerprint density at radius 3 is 2.11 bits per heavy atom. The van der Waals surface area contributed by atoms with Crippen molar-refractivity contribution in [2.24, 2.45) is 0 Å². The minimum absolute atomic E-state index is 0.125. The van der Waals surface area contributed by atoms with Crippen LogP contribution >= 0.6 is 0 Å². The Hall–Kier alpha value is -1.68. The maximum absolute atomic E-state index is 11.5. The molecule has 1 aromatic heterocycles. The average molecular weight is 292 g/mol. The smallest absolute Gasteiger partial charge is 0.268 e. The zero-order valence-electron chi connectivity index (χ0n) is 9.32. The van der Waals surface area contributed by atoms with Crippen molar-refractivity contribution >= 4 is 30.7 Å². The van der Waals surface area contributed by atoms with Gasteiger partial charge in [0.25, 0.3) is 5.52 Å². The van der Waals surface area contributed by atoms with Gasteiger partial charge in [0.15, 0.2) is 19.7 Å². The van der Waals surface area contributed by atoms with Crippen LogP contribution in [-0.2, 0) is 19.7 Å². The molecule has 10 heteroatoms. The van der Waals surface area contributed by atoms with Gasteiger partial charge >= 0.3 is 0 Å². The van der Waals surface area contributed by atoms with Gasteiger partial charge in [0.2, 0.25) is 5.52 Å². The second-order valence-electron chi connectivity index (χ2n) is 3.73. The number of hydrogen-bond donors (Lipinski definition) is 0. The van der Waals surface area contributed by atoms with E-state index in [0.717, 1.165) is 24.6 Å². The van der Waals surface area contributed by atoms with Crippen molar-refractivity contribution in [2.75, 3.05) is 12.5 Å². The first kappa shape index (κ1) is 12.8. The molecule has 0 aliphatic heterocycles. The van der Waals surface area contributed by atoms with Gasteiger partial charge in [-0.15, -0.1) is 0 Å². The van der Waals surface area contributed by atoms with Crippen LogP contribution < -0.4 is 4.90 Å². The van der Waals surface area contributed by atoms with E-state index in [4.69, 9.17) is 0 Å². The normalized spacial score (nSPS) is 13.0. The van der Waals surface area contributed by atoms with E-state index in [0.29, 0.717) is 0 Å². The van der Waals surface area contributed by atoms with Crippen LogP contribution in [0.25, 0.3) is 11.0 Å². The molecule has 0 saturated carbocycles. The van der Waals surface area contributed by atoms with Gasteiger partial charge in [-0.2, -0.15) is 0 Å². The molecule has 0 unspecified atom stereocenters. The van der Waals surface area contributed by atoms with Gasteiger partial charge in [-0.05, 0) is 17.0 Å². The summed E-state index contributed by atoms with van der Waals surface area (Å²) in [5.74, 6) is 0. The van der Waals surface area contributed by atoms with Crippen LogP contribution in [0.1, 0.15) is 0 Å². The molecule has 2 rings (SSSR count). The standard InChI is InChI=1S/C8H8N2O6S2/c1-17(12,13)5-3-4-6(18(2,14)15)8-7(5)9-16-10(8)11/h3-4H,1-2H3. The molecule has 0 saturated heterocycles. The molecule has 1 heterocycles. The first-order chi connectivity index (χ1) is 8.12.